The highest BCUT2D eigenvalue weighted by atomic mass is 32.2. The van der Waals surface area contributed by atoms with Gasteiger partial charge in [0.1, 0.15) is 33.5 Å². The Morgan fingerprint density at radius 2 is 1.13 bits per heavy atom. The second-order valence-electron chi connectivity index (χ2n) is 15.3. The van der Waals surface area contributed by atoms with Gasteiger partial charge >= 0.3 is 0 Å². The number of fused-ring (bicyclic) bond motifs is 2. The van der Waals surface area contributed by atoms with Crippen molar-refractivity contribution >= 4 is 117 Å². The zero-order chi connectivity index (χ0) is 50.1. The van der Waals surface area contributed by atoms with Gasteiger partial charge < -0.3 is 49.8 Å². The SMILES string of the molecule is CCN(CC)c1cc(Nc2nc(Nc3cc(N(CC)CC)c(OC)cc3/N=N/c3snc4ccc(OC)c(S(=O)(=O)O)c34)nc(N(CCO)CCO)n2)c(/N=N/c2snc3ccc(C)cc23)cc1OC. The van der Waals surface area contributed by atoms with Crippen LogP contribution in [0.2, 0.25) is 0 Å². The summed E-state index contributed by atoms with van der Waals surface area (Å²) in [4.78, 5) is 19.7. The zero-order valence-corrected chi connectivity index (χ0v) is 42.3. The Labute approximate surface area is 412 Å². The highest BCUT2D eigenvalue weighted by Gasteiger charge is 2.26. The number of hydrogen-bond acceptors (Lipinski definition) is 23. The van der Waals surface area contributed by atoms with Crippen molar-refractivity contribution in [3.63, 3.8) is 0 Å². The first-order valence-corrected chi connectivity index (χ1v) is 25.1. The van der Waals surface area contributed by atoms with Crippen LogP contribution in [-0.4, -0.2) is 121 Å². The molecule has 0 fully saturated rings. The van der Waals surface area contributed by atoms with Crippen molar-refractivity contribution < 1.29 is 37.4 Å². The second-order valence-corrected chi connectivity index (χ2v) is 18.1. The maximum atomic E-state index is 12.7. The van der Waals surface area contributed by atoms with E-state index in [9.17, 15) is 23.2 Å². The van der Waals surface area contributed by atoms with Gasteiger partial charge in [0, 0.05) is 56.8 Å². The van der Waals surface area contributed by atoms with Crippen LogP contribution in [0.15, 0.2) is 79.9 Å². The number of nitrogens with zero attached hydrogens (tertiary/aromatic N) is 12. The minimum absolute atomic E-state index is 0.0225. The molecule has 7 rings (SSSR count). The lowest BCUT2D eigenvalue weighted by Crippen LogP contribution is -2.31. The van der Waals surface area contributed by atoms with Crippen molar-refractivity contribution in [2.45, 2.75) is 39.5 Å². The van der Waals surface area contributed by atoms with Crippen LogP contribution in [0.3, 0.4) is 0 Å². The minimum atomic E-state index is -4.80. The topological polar surface area (TPSA) is 270 Å². The molecule has 70 heavy (non-hydrogen) atoms. The quantitative estimate of drug-likeness (QED) is 0.0295. The zero-order valence-electron chi connectivity index (χ0n) is 39.8. The van der Waals surface area contributed by atoms with Crippen LogP contribution in [0, 0.1) is 6.92 Å². The number of anilines is 7. The highest BCUT2D eigenvalue weighted by molar-refractivity contribution is 7.86. The molecule has 0 saturated heterocycles. The van der Waals surface area contributed by atoms with Crippen molar-refractivity contribution in [3.05, 3.63) is 60.2 Å². The Bertz CT molecular complexity index is 3140. The van der Waals surface area contributed by atoms with Crippen LogP contribution in [0.5, 0.6) is 17.2 Å². The summed E-state index contributed by atoms with van der Waals surface area (Å²) >= 11 is 2.11. The predicted molar refractivity (Wildman–Crippen MR) is 275 cm³/mol. The van der Waals surface area contributed by atoms with Crippen molar-refractivity contribution in [3.8, 4) is 17.2 Å². The van der Waals surface area contributed by atoms with Gasteiger partial charge in [-0.15, -0.1) is 20.5 Å². The van der Waals surface area contributed by atoms with E-state index in [-0.39, 0.29) is 71.5 Å². The smallest absolute Gasteiger partial charge is 0.299 e. The van der Waals surface area contributed by atoms with E-state index in [4.69, 9.17) is 34.3 Å². The van der Waals surface area contributed by atoms with Crippen molar-refractivity contribution in [1.82, 2.24) is 23.7 Å². The molecule has 0 spiro atoms. The number of aliphatic hydroxyl groups excluding tert-OH is 2. The number of azo groups is 2. The Balaban J connectivity index is 1.39. The fraction of sp³-hybridized carbons (Fsp3) is 0.356. The first kappa shape index (κ1) is 51.0. The number of nitrogens with one attached hydrogen (secondary N) is 2. The summed E-state index contributed by atoms with van der Waals surface area (Å²) < 4.78 is 61.6. The van der Waals surface area contributed by atoms with Crippen LogP contribution in [0.4, 0.5) is 62.0 Å². The molecule has 5 N–H and O–H groups in total. The number of aromatic nitrogens is 5. The lowest BCUT2D eigenvalue weighted by molar-refractivity contribution is 0.280. The van der Waals surface area contributed by atoms with Crippen LogP contribution in [-0.2, 0) is 10.1 Å². The Morgan fingerprint density at radius 1 is 0.629 bits per heavy atom. The summed E-state index contributed by atoms with van der Waals surface area (Å²) in [7, 11) is -0.386. The van der Waals surface area contributed by atoms with Gasteiger partial charge in [-0.05, 0) is 94.1 Å². The molecular formula is C45H54N14O8S3. The molecule has 0 saturated carbocycles. The standard InChI is InChI=1S/C45H54N14O8S3/c1-9-57(10-2)34-22-30(32(24-37(34)66-7)51-53-41-27-21-26(5)13-14-28(27)55-68-41)46-43-48-44(50-45(49-43)59(17-19-60)18-20-61)47-31-23-35(58(11-3)12-4)38(67-8)25-33(31)52-54-42-39-29(56-69-42)15-16-36(65-6)40(39)70(62,63)64/h13-16,21-25,60-61H,9-12,17-20H2,1-8H3,(H,62,63,64)(H2,46,47,48,49,50)/b53-51+,54-52+. The van der Waals surface area contributed by atoms with Gasteiger partial charge in [0.25, 0.3) is 10.1 Å². The molecule has 0 unspecified atom stereocenters. The van der Waals surface area contributed by atoms with Gasteiger partial charge in [0.05, 0.1) is 73.7 Å². The van der Waals surface area contributed by atoms with E-state index >= 15 is 0 Å². The summed E-state index contributed by atoms with van der Waals surface area (Å²) in [6.45, 7) is 12.3. The van der Waals surface area contributed by atoms with Gasteiger partial charge in [-0.25, -0.2) is 0 Å². The van der Waals surface area contributed by atoms with Crippen molar-refractivity contribution in [2.75, 3.05) is 99.1 Å². The molecule has 0 aliphatic carbocycles. The van der Waals surface area contributed by atoms with E-state index in [2.05, 4.69) is 44.5 Å². The molecule has 25 heteroatoms. The van der Waals surface area contributed by atoms with E-state index in [1.54, 1.807) is 36.3 Å². The summed E-state index contributed by atoms with van der Waals surface area (Å²) in [6.07, 6.45) is 0. The van der Waals surface area contributed by atoms with Crippen LogP contribution < -0.4 is 39.5 Å². The highest BCUT2D eigenvalue weighted by Crippen LogP contribution is 2.45. The number of aliphatic hydroxyl groups is 2. The average molecular weight is 1020 g/mol. The van der Waals surface area contributed by atoms with E-state index in [1.165, 1.54) is 31.8 Å². The molecule has 3 heterocycles. The monoisotopic (exact) mass is 1010 g/mol. The third kappa shape index (κ3) is 11.1. The summed E-state index contributed by atoms with van der Waals surface area (Å²) in [6, 6.07) is 16.0. The van der Waals surface area contributed by atoms with Gasteiger partial charge in [0.2, 0.25) is 17.8 Å². The molecule has 0 aliphatic rings. The van der Waals surface area contributed by atoms with Gasteiger partial charge in [-0.3, -0.25) is 4.55 Å². The van der Waals surface area contributed by atoms with Crippen molar-refractivity contribution in [1.29, 1.82) is 0 Å². The Hall–Kier alpha value is -6.90. The third-order valence-electron chi connectivity index (χ3n) is 11.1. The molecule has 4 aromatic carbocycles. The first-order valence-electron chi connectivity index (χ1n) is 22.2. The lowest BCUT2D eigenvalue weighted by atomic mass is 10.2. The Kier molecular flexibility index (Phi) is 16.5. The molecule has 3 aromatic heterocycles. The molecular weight excluding hydrogens is 961 g/mol. The molecule has 0 aliphatic heterocycles. The Morgan fingerprint density at radius 3 is 1.63 bits per heavy atom. The molecule has 0 bridgehead atoms. The largest absolute Gasteiger partial charge is 0.495 e. The van der Waals surface area contributed by atoms with Crippen LogP contribution in [0.1, 0.15) is 33.3 Å². The van der Waals surface area contributed by atoms with E-state index < -0.39 is 15.0 Å². The van der Waals surface area contributed by atoms with Crippen LogP contribution >= 0.6 is 23.1 Å². The minimum Gasteiger partial charge on any atom is -0.495 e. The van der Waals surface area contributed by atoms with Gasteiger partial charge in [-0.2, -0.15) is 32.1 Å². The number of hydrogen-bond donors (Lipinski definition) is 5. The second kappa shape index (κ2) is 22.7. The molecule has 7 aromatic rings. The fourth-order valence-electron chi connectivity index (χ4n) is 7.62. The molecule has 0 amide bonds. The van der Waals surface area contributed by atoms with E-state index in [0.29, 0.717) is 65.4 Å². The number of benzene rings is 4. The maximum absolute atomic E-state index is 12.7. The molecule has 0 radical (unpaired) electrons. The fourth-order valence-corrected chi connectivity index (χ4v) is 9.94. The summed E-state index contributed by atoms with van der Waals surface area (Å²) in [5.74, 6) is 1.12. The molecule has 370 valence electrons. The normalized spacial score (nSPS) is 11.8. The van der Waals surface area contributed by atoms with Gasteiger partial charge in [-0.1, -0.05) is 11.6 Å². The van der Waals surface area contributed by atoms with Crippen LogP contribution in [0.25, 0.3) is 21.8 Å². The summed E-state index contributed by atoms with van der Waals surface area (Å²) in [5, 5.41) is 46.9. The first-order chi connectivity index (χ1) is 33.8. The van der Waals surface area contributed by atoms with Gasteiger partial charge in [0.15, 0.2) is 10.0 Å². The number of rotatable bonds is 23. The van der Waals surface area contributed by atoms with E-state index in [1.807, 2.05) is 58.9 Å². The van der Waals surface area contributed by atoms with E-state index in [0.717, 1.165) is 33.7 Å². The lowest BCUT2D eigenvalue weighted by Gasteiger charge is -2.25. The summed E-state index contributed by atoms with van der Waals surface area (Å²) in [5.41, 5.74) is 5.03. The average Bonchev–Trinajstić information content (AvgIpc) is 3.96. The molecule has 0 atom stereocenters. The predicted octanol–water partition coefficient (Wildman–Crippen LogP) is 9.47. The molecule has 22 nitrogen and oxygen atoms in total. The number of methoxy groups -OCH3 is 3. The maximum Gasteiger partial charge on any atom is 0.299 e. The number of aryl methyl sites for hydroxylation is 1. The number of ether oxygens (including phenoxy) is 3. The van der Waals surface area contributed by atoms with Crippen molar-refractivity contribution in [2.24, 2.45) is 20.5 Å². The third-order valence-corrected chi connectivity index (χ3v) is 13.5.